The molecule has 1 atom stereocenters. The first-order valence-corrected chi connectivity index (χ1v) is 12.4. The monoisotopic (exact) mass is 510 g/mol. The van der Waals surface area contributed by atoms with Gasteiger partial charge in [0.05, 0.1) is 47.1 Å². The van der Waals surface area contributed by atoms with Crippen LogP contribution in [0.3, 0.4) is 0 Å². The number of hydrogen-bond donors (Lipinski definition) is 1. The molecule has 9 nitrogen and oxygen atoms in total. The Morgan fingerprint density at radius 1 is 1.03 bits per heavy atom. The van der Waals surface area contributed by atoms with Crippen LogP contribution in [0.15, 0.2) is 42.0 Å². The van der Waals surface area contributed by atoms with E-state index in [-0.39, 0.29) is 5.57 Å². The third-order valence-electron chi connectivity index (χ3n) is 7.05. The normalized spacial score (nSPS) is 19.8. The predicted octanol–water partition coefficient (Wildman–Crippen LogP) is 0.550. The number of ketones is 1. The summed E-state index contributed by atoms with van der Waals surface area (Å²) in [6.45, 7) is 6.24. The van der Waals surface area contributed by atoms with Crippen molar-refractivity contribution in [1.82, 2.24) is 4.90 Å². The molecule has 2 saturated heterocycles. The lowest BCUT2D eigenvalue weighted by Gasteiger charge is -2.30. The lowest BCUT2D eigenvalue weighted by Crippen LogP contribution is -3.14. The Bertz CT molecular complexity index is 1190. The molecule has 0 spiro atoms. The van der Waals surface area contributed by atoms with Crippen molar-refractivity contribution in [3.05, 3.63) is 58.7 Å². The van der Waals surface area contributed by atoms with Crippen molar-refractivity contribution >= 4 is 17.4 Å². The first-order chi connectivity index (χ1) is 17.9. The van der Waals surface area contributed by atoms with E-state index in [1.54, 1.807) is 43.5 Å². The molecule has 198 valence electrons. The molecule has 0 aliphatic carbocycles. The number of quaternary nitrogens is 1. The third kappa shape index (κ3) is 5.42. The van der Waals surface area contributed by atoms with Crippen LogP contribution in [-0.2, 0) is 14.3 Å². The van der Waals surface area contributed by atoms with E-state index in [0.717, 1.165) is 25.2 Å². The number of amides is 1. The van der Waals surface area contributed by atoms with E-state index in [1.165, 1.54) is 24.0 Å². The first-order valence-electron chi connectivity index (χ1n) is 12.4. The Hall–Kier alpha value is -3.56. The fraction of sp³-hybridized carbons (Fsp3) is 0.429. The Morgan fingerprint density at radius 3 is 2.38 bits per heavy atom. The molecule has 0 bridgehead atoms. The summed E-state index contributed by atoms with van der Waals surface area (Å²) in [5.41, 5.74) is 1.53. The molecule has 37 heavy (non-hydrogen) atoms. The van der Waals surface area contributed by atoms with E-state index >= 15 is 0 Å². The van der Waals surface area contributed by atoms with Crippen molar-refractivity contribution in [2.75, 3.05) is 60.7 Å². The van der Waals surface area contributed by atoms with Gasteiger partial charge in [-0.05, 0) is 48.4 Å². The summed E-state index contributed by atoms with van der Waals surface area (Å²) in [5, 5.41) is 13.8. The highest BCUT2D eigenvalue weighted by Crippen LogP contribution is 2.43. The minimum atomic E-state index is -0.889. The number of nitrogens with zero attached hydrogens (tertiary/aromatic N) is 1. The maximum absolute atomic E-state index is 13.8. The van der Waals surface area contributed by atoms with Crippen LogP contribution in [-0.4, -0.2) is 77.3 Å². The maximum Gasteiger partial charge on any atom is 0.295 e. The maximum atomic E-state index is 13.8. The van der Waals surface area contributed by atoms with Crippen molar-refractivity contribution < 1.29 is 38.5 Å². The van der Waals surface area contributed by atoms with Crippen LogP contribution < -0.4 is 24.2 Å². The van der Waals surface area contributed by atoms with Gasteiger partial charge in [-0.1, -0.05) is 11.8 Å². The summed E-state index contributed by atoms with van der Waals surface area (Å²) in [7, 11) is 4.61. The molecular weight excluding hydrogens is 476 g/mol. The number of likely N-dealkylation sites (tertiary alicyclic amines) is 1. The van der Waals surface area contributed by atoms with Gasteiger partial charge in [0.2, 0.25) is 5.78 Å². The number of carbonyl (C=O) groups excluding carboxylic acids is 2. The molecule has 1 amide bonds. The summed E-state index contributed by atoms with van der Waals surface area (Å²) < 4.78 is 21.8. The Balaban J connectivity index is 1.77. The van der Waals surface area contributed by atoms with E-state index in [0.29, 0.717) is 54.6 Å². The van der Waals surface area contributed by atoms with Gasteiger partial charge in [0.1, 0.15) is 30.3 Å². The summed E-state index contributed by atoms with van der Waals surface area (Å²) in [4.78, 5) is 29.6. The summed E-state index contributed by atoms with van der Waals surface area (Å²) in [5.74, 6) is -0.317. The van der Waals surface area contributed by atoms with Crippen LogP contribution in [0.1, 0.15) is 29.2 Å². The number of hydrogen-bond acceptors (Lipinski definition) is 7. The number of nitrogens with one attached hydrogen (secondary N) is 1. The second-order valence-electron chi connectivity index (χ2n) is 9.23. The number of benzene rings is 2. The molecule has 9 heteroatoms. The third-order valence-corrected chi connectivity index (χ3v) is 7.05. The fourth-order valence-corrected chi connectivity index (χ4v) is 5.06. The highest BCUT2D eigenvalue weighted by molar-refractivity contribution is 6.46. The second-order valence-corrected chi connectivity index (χ2v) is 9.23. The molecule has 1 N–H and O–H groups in total. The average molecular weight is 511 g/mol. The Labute approximate surface area is 217 Å². The van der Waals surface area contributed by atoms with E-state index < -0.39 is 23.5 Å². The lowest BCUT2D eigenvalue weighted by molar-refractivity contribution is -0.908. The minimum Gasteiger partial charge on any atom is -0.872 e. The molecular formula is C28H34N2O7. The zero-order chi connectivity index (χ0) is 26.5. The van der Waals surface area contributed by atoms with Crippen LogP contribution in [0.25, 0.3) is 5.76 Å². The van der Waals surface area contributed by atoms with Crippen molar-refractivity contribution in [2.45, 2.75) is 19.4 Å². The van der Waals surface area contributed by atoms with Gasteiger partial charge in [-0.15, -0.1) is 0 Å². The molecule has 2 heterocycles. The summed E-state index contributed by atoms with van der Waals surface area (Å²) in [6.07, 6.45) is 0.681. The number of carbonyl (C=O) groups is 2. The van der Waals surface area contributed by atoms with E-state index in [4.69, 9.17) is 18.9 Å². The van der Waals surface area contributed by atoms with Gasteiger partial charge < -0.3 is 33.9 Å². The van der Waals surface area contributed by atoms with Crippen molar-refractivity contribution in [1.29, 1.82) is 0 Å². The van der Waals surface area contributed by atoms with Crippen molar-refractivity contribution in [2.24, 2.45) is 0 Å². The number of methoxy groups -OCH3 is 3. The standard InChI is InChI=1S/C28H34N2O7/c1-18-16-19(6-8-22(18)35-3)26(31)24-25(21-17-20(34-2)7-9-23(21)36-4)30(28(33)27(24)32)11-5-10-29-12-14-37-15-13-29/h6-9,16-17,25,31H,5,10-15H2,1-4H3. The van der Waals surface area contributed by atoms with Gasteiger partial charge >= 0.3 is 0 Å². The van der Waals surface area contributed by atoms with Gasteiger partial charge in [0.25, 0.3) is 5.91 Å². The second kappa shape index (κ2) is 11.7. The molecule has 2 fully saturated rings. The van der Waals surface area contributed by atoms with Gasteiger partial charge in [-0.3, -0.25) is 9.59 Å². The van der Waals surface area contributed by atoms with Gasteiger partial charge in [-0.25, -0.2) is 0 Å². The van der Waals surface area contributed by atoms with Crippen LogP contribution in [0.5, 0.6) is 17.2 Å². The van der Waals surface area contributed by atoms with Gasteiger partial charge in [0.15, 0.2) is 0 Å². The molecule has 2 aromatic carbocycles. The molecule has 0 radical (unpaired) electrons. The fourth-order valence-electron chi connectivity index (χ4n) is 5.06. The molecule has 0 saturated carbocycles. The van der Waals surface area contributed by atoms with Crippen LogP contribution in [0.4, 0.5) is 0 Å². The first kappa shape index (κ1) is 26.5. The molecule has 0 aromatic heterocycles. The van der Waals surface area contributed by atoms with Gasteiger partial charge in [-0.2, -0.15) is 0 Å². The number of aryl methyl sites for hydroxylation is 1. The molecule has 1 unspecified atom stereocenters. The van der Waals surface area contributed by atoms with Crippen LogP contribution in [0.2, 0.25) is 0 Å². The molecule has 2 aromatic rings. The highest BCUT2D eigenvalue weighted by Gasteiger charge is 2.45. The SMILES string of the molecule is COc1ccc(OC)c(C2C(=C([O-])c3ccc(OC)c(C)c3)C(=O)C(=O)N2CCC[NH+]2CCOCC2)c1. The quantitative estimate of drug-likeness (QED) is 0.299. The van der Waals surface area contributed by atoms with Crippen molar-refractivity contribution in [3.63, 3.8) is 0 Å². The van der Waals surface area contributed by atoms with Crippen molar-refractivity contribution in [3.8, 4) is 17.2 Å². The van der Waals surface area contributed by atoms with E-state index in [1.807, 2.05) is 6.92 Å². The smallest absolute Gasteiger partial charge is 0.295 e. The number of rotatable bonds is 9. The Morgan fingerprint density at radius 2 is 1.73 bits per heavy atom. The van der Waals surface area contributed by atoms with Crippen LogP contribution in [0, 0.1) is 6.92 Å². The highest BCUT2D eigenvalue weighted by atomic mass is 16.5. The van der Waals surface area contributed by atoms with E-state index in [9.17, 15) is 14.7 Å². The van der Waals surface area contributed by atoms with Gasteiger partial charge in [0, 0.05) is 24.1 Å². The largest absolute Gasteiger partial charge is 0.872 e. The topological polar surface area (TPSA) is 102 Å². The number of ether oxygens (including phenoxy) is 4. The molecule has 2 aliphatic heterocycles. The Kier molecular flexibility index (Phi) is 8.35. The average Bonchev–Trinajstić information content (AvgIpc) is 3.17. The van der Waals surface area contributed by atoms with E-state index in [2.05, 4.69) is 0 Å². The molecule has 4 rings (SSSR count). The number of morpholine rings is 1. The zero-order valence-electron chi connectivity index (χ0n) is 21.8. The summed E-state index contributed by atoms with van der Waals surface area (Å²) >= 11 is 0. The molecule has 2 aliphatic rings. The lowest BCUT2D eigenvalue weighted by atomic mass is 9.94. The zero-order valence-corrected chi connectivity index (χ0v) is 21.8. The summed E-state index contributed by atoms with van der Waals surface area (Å²) in [6, 6.07) is 9.27. The van der Waals surface area contributed by atoms with Crippen LogP contribution >= 0.6 is 0 Å². The number of Topliss-reactive ketones (excluding diaryl/α,β-unsaturated/α-hetero) is 1. The predicted molar refractivity (Wildman–Crippen MR) is 135 cm³/mol. The minimum absolute atomic E-state index is 0.0835.